The highest BCUT2D eigenvalue weighted by atomic mass is 28.3. The molecule has 4 unspecified atom stereocenters. The lowest BCUT2D eigenvalue weighted by Gasteiger charge is -2.41. The molecule has 2 aromatic rings. The molecule has 0 spiro atoms. The zero-order valence-electron chi connectivity index (χ0n) is 29.1. The van der Waals surface area contributed by atoms with Crippen molar-refractivity contribution in [2.75, 3.05) is 41.7 Å². The fourth-order valence-corrected chi connectivity index (χ4v) is 10.1. The second-order valence-corrected chi connectivity index (χ2v) is 24.3. The highest BCUT2D eigenvalue weighted by Crippen LogP contribution is 2.44. The molecule has 0 N–H and O–H groups in total. The van der Waals surface area contributed by atoms with Crippen LogP contribution >= 0.6 is 0 Å². The lowest BCUT2D eigenvalue weighted by molar-refractivity contribution is 0.0371. The van der Waals surface area contributed by atoms with E-state index in [-0.39, 0.29) is 12.2 Å². The van der Waals surface area contributed by atoms with Gasteiger partial charge in [-0.15, -0.1) is 0 Å². The van der Waals surface area contributed by atoms with Gasteiger partial charge in [-0.1, -0.05) is 124 Å². The molecular weight excluding hydrogens is 593 g/mol. The normalized spacial score (nSPS) is 24.7. The number of hydrogen-bond acceptors (Lipinski definition) is 5. The monoisotopic (exact) mass is 646 g/mol. The molecule has 0 aromatic heterocycles. The third-order valence-electron chi connectivity index (χ3n) is 9.48. The van der Waals surface area contributed by atoms with E-state index >= 15 is 0 Å². The summed E-state index contributed by atoms with van der Waals surface area (Å²) in [5.74, 6) is 1.96. The second kappa shape index (κ2) is 14.4. The van der Waals surface area contributed by atoms with Crippen molar-refractivity contribution in [3.05, 3.63) is 96.1 Å². The first kappa shape index (κ1) is 35.2. The quantitative estimate of drug-likeness (QED) is 0.163. The fourth-order valence-electron chi connectivity index (χ4n) is 7.11. The average molecular weight is 647 g/mol. The van der Waals surface area contributed by atoms with Crippen LogP contribution in [0, 0.1) is 0 Å². The van der Waals surface area contributed by atoms with Crippen LogP contribution in [0.1, 0.15) is 24.0 Å². The first-order chi connectivity index (χ1) is 21.4. The molecule has 0 bridgehead atoms. The Hall–Kier alpha value is -2.69. The number of hydrogen-bond donors (Lipinski definition) is 0. The largest absolute Gasteiger partial charge is 0.497 e. The maximum atomic E-state index is 6.57. The zero-order valence-corrected chi connectivity index (χ0v) is 31.1. The Morgan fingerprint density at radius 2 is 0.978 bits per heavy atom. The highest BCUT2D eigenvalue weighted by molar-refractivity contribution is 6.89. The average Bonchev–Trinajstić information content (AvgIpc) is 3.03. The van der Waals surface area contributed by atoms with Crippen LogP contribution in [0.25, 0.3) is 0 Å². The SMILES string of the molecule is COc1c(C2(CCOCCC3(c4cccc([Si](C)(C)C)c4OC)C=CC=CC3OC)C=CC=CC2OC)cccc1[Si](C)(C)C. The van der Waals surface area contributed by atoms with Crippen LogP contribution < -0.4 is 19.8 Å². The molecule has 4 rings (SSSR count). The van der Waals surface area contributed by atoms with Gasteiger partial charge in [-0.2, -0.15) is 0 Å². The van der Waals surface area contributed by atoms with Gasteiger partial charge < -0.3 is 23.7 Å². The lowest BCUT2D eigenvalue weighted by atomic mass is 9.70. The van der Waals surface area contributed by atoms with Gasteiger partial charge in [0.15, 0.2) is 0 Å². The zero-order chi connectivity index (χ0) is 32.9. The molecule has 2 aromatic carbocycles. The molecule has 0 heterocycles. The minimum atomic E-state index is -1.67. The van der Waals surface area contributed by atoms with Crippen LogP contribution in [0.4, 0.5) is 0 Å². The van der Waals surface area contributed by atoms with Gasteiger partial charge >= 0.3 is 0 Å². The maximum Gasteiger partial charge on any atom is 0.122 e. The lowest BCUT2D eigenvalue weighted by Crippen LogP contribution is -2.45. The standard InChI is InChI=1S/C38H54O5Si2/c1-39-33-21-11-13-23-37(33,29-17-15-19-31(35(29)41-3)44(5,6)7)25-27-43-28-26-38(24-14-12-22-34(38)40-2)30-18-16-20-32(36(30)42-4)45(8,9)10/h11-24,33-34H,25-28H2,1-10H3. The van der Waals surface area contributed by atoms with Crippen molar-refractivity contribution >= 4 is 26.5 Å². The van der Waals surface area contributed by atoms with E-state index in [9.17, 15) is 0 Å². The molecule has 0 fully saturated rings. The minimum absolute atomic E-state index is 0.138. The molecule has 244 valence electrons. The molecule has 0 aliphatic heterocycles. The third kappa shape index (κ3) is 7.03. The summed E-state index contributed by atoms with van der Waals surface area (Å²) in [6, 6.07) is 13.2. The summed E-state index contributed by atoms with van der Waals surface area (Å²) in [5, 5.41) is 2.64. The van der Waals surface area contributed by atoms with E-state index in [4.69, 9.17) is 23.7 Å². The Bertz CT molecular complexity index is 1320. The van der Waals surface area contributed by atoms with Crippen LogP contribution in [-0.4, -0.2) is 70.0 Å². The minimum Gasteiger partial charge on any atom is -0.497 e. The predicted octanol–water partition coefficient (Wildman–Crippen LogP) is 7.05. The van der Waals surface area contributed by atoms with E-state index < -0.39 is 27.0 Å². The van der Waals surface area contributed by atoms with Crippen molar-refractivity contribution in [2.45, 2.75) is 75.2 Å². The third-order valence-corrected chi connectivity index (χ3v) is 13.5. The van der Waals surface area contributed by atoms with Crippen molar-refractivity contribution < 1.29 is 23.7 Å². The molecule has 2 aliphatic rings. The summed E-state index contributed by atoms with van der Waals surface area (Å²) in [5.41, 5.74) is 1.48. The molecule has 45 heavy (non-hydrogen) atoms. The van der Waals surface area contributed by atoms with E-state index in [1.54, 1.807) is 28.4 Å². The molecule has 0 saturated carbocycles. The molecule has 7 heteroatoms. The van der Waals surface area contributed by atoms with Gasteiger partial charge in [0.05, 0.1) is 42.6 Å². The van der Waals surface area contributed by atoms with Crippen LogP contribution in [-0.2, 0) is 25.0 Å². The molecule has 0 saturated heterocycles. The van der Waals surface area contributed by atoms with E-state index in [0.29, 0.717) is 13.2 Å². The predicted molar refractivity (Wildman–Crippen MR) is 194 cm³/mol. The van der Waals surface area contributed by atoms with Crippen LogP contribution in [0.3, 0.4) is 0 Å². The first-order valence-corrected chi connectivity index (χ1v) is 23.1. The van der Waals surface area contributed by atoms with E-state index in [1.807, 2.05) is 0 Å². The Kier molecular flexibility index (Phi) is 11.2. The summed E-state index contributed by atoms with van der Waals surface area (Å²) in [6.45, 7) is 15.3. The van der Waals surface area contributed by atoms with Gasteiger partial charge in [-0.25, -0.2) is 0 Å². The first-order valence-electron chi connectivity index (χ1n) is 16.1. The van der Waals surface area contributed by atoms with Crippen molar-refractivity contribution in [1.29, 1.82) is 0 Å². The molecule has 4 atom stereocenters. The molecular formula is C38H54O5Si2. The van der Waals surface area contributed by atoms with Crippen molar-refractivity contribution in [2.24, 2.45) is 0 Å². The van der Waals surface area contributed by atoms with Gasteiger partial charge in [0.2, 0.25) is 0 Å². The molecule has 5 nitrogen and oxygen atoms in total. The molecule has 0 amide bonds. The van der Waals surface area contributed by atoms with Crippen molar-refractivity contribution in [3.63, 3.8) is 0 Å². The maximum absolute atomic E-state index is 6.57. The van der Waals surface area contributed by atoms with E-state index in [1.165, 1.54) is 10.4 Å². The Balaban J connectivity index is 1.64. The number of rotatable bonds is 14. The van der Waals surface area contributed by atoms with Gasteiger partial charge in [0.25, 0.3) is 0 Å². The van der Waals surface area contributed by atoms with Crippen LogP contribution in [0.2, 0.25) is 39.3 Å². The van der Waals surface area contributed by atoms with Gasteiger partial charge in [-0.3, -0.25) is 0 Å². The molecule has 0 radical (unpaired) electrons. The fraction of sp³-hybridized carbons (Fsp3) is 0.474. The summed E-state index contributed by atoms with van der Waals surface area (Å²) >= 11 is 0. The second-order valence-electron chi connectivity index (χ2n) is 14.3. The van der Waals surface area contributed by atoms with E-state index in [0.717, 1.165) is 35.5 Å². The van der Waals surface area contributed by atoms with Crippen molar-refractivity contribution in [1.82, 2.24) is 0 Å². The number of methoxy groups -OCH3 is 4. The number of para-hydroxylation sites is 2. The van der Waals surface area contributed by atoms with E-state index in [2.05, 4.69) is 124 Å². The Morgan fingerprint density at radius 1 is 0.578 bits per heavy atom. The summed E-state index contributed by atoms with van der Waals surface area (Å²) in [4.78, 5) is 0. The summed E-state index contributed by atoms with van der Waals surface area (Å²) in [6.07, 6.45) is 18.5. The topological polar surface area (TPSA) is 46.2 Å². The smallest absolute Gasteiger partial charge is 0.122 e. The van der Waals surface area contributed by atoms with Crippen LogP contribution in [0.15, 0.2) is 85.0 Å². The summed E-state index contributed by atoms with van der Waals surface area (Å²) < 4.78 is 31.1. The number of ether oxygens (including phenoxy) is 5. The van der Waals surface area contributed by atoms with Crippen molar-refractivity contribution in [3.8, 4) is 11.5 Å². The Morgan fingerprint density at radius 3 is 1.31 bits per heavy atom. The van der Waals surface area contributed by atoms with Gasteiger partial charge in [0, 0.05) is 49.4 Å². The number of allylic oxidation sites excluding steroid dienone is 4. The summed E-state index contributed by atoms with van der Waals surface area (Å²) in [7, 11) is 3.83. The Labute approximate surface area is 274 Å². The molecule has 2 aliphatic carbocycles. The number of benzene rings is 2. The van der Waals surface area contributed by atoms with Gasteiger partial charge in [-0.05, 0) is 23.2 Å². The highest BCUT2D eigenvalue weighted by Gasteiger charge is 2.43. The van der Waals surface area contributed by atoms with Crippen LogP contribution in [0.5, 0.6) is 11.5 Å². The van der Waals surface area contributed by atoms with Gasteiger partial charge in [0.1, 0.15) is 11.5 Å².